The van der Waals surface area contributed by atoms with Gasteiger partial charge in [0.1, 0.15) is 0 Å². The van der Waals surface area contributed by atoms with Gasteiger partial charge in [0.15, 0.2) is 0 Å². The van der Waals surface area contributed by atoms with Crippen LogP contribution in [-0.4, -0.2) is 29.6 Å². The van der Waals surface area contributed by atoms with Gasteiger partial charge in [-0.05, 0) is 38.6 Å². The molecule has 2 N–H and O–H groups in total. The van der Waals surface area contributed by atoms with Crippen LogP contribution < -0.4 is 5.73 Å². The Bertz CT molecular complexity index is 199. The van der Waals surface area contributed by atoms with Gasteiger partial charge in [-0.1, -0.05) is 32.6 Å². The van der Waals surface area contributed by atoms with Crippen LogP contribution in [0, 0.1) is 0 Å². The van der Waals surface area contributed by atoms with Gasteiger partial charge < -0.3 is 5.73 Å². The van der Waals surface area contributed by atoms with Crippen molar-refractivity contribution in [3.05, 3.63) is 0 Å². The SMILES string of the molecule is CCCN(C1CCCC1)[C@@H]1CCCC[C@H]1N. The minimum absolute atomic E-state index is 0.445. The Balaban J connectivity index is 1.98. The highest BCUT2D eigenvalue weighted by molar-refractivity contribution is 4.90. The maximum Gasteiger partial charge on any atom is 0.0250 e. The van der Waals surface area contributed by atoms with Crippen LogP contribution in [0.25, 0.3) is 0 Å². The first kappa shape index (κ1) is 12.4. The lowest BCUT2D eigenvalue weighted by atomic mass is 9.88. The van der Waals surface area contributed by atoms with Crippen LogP contribution in [0.2, 0.25) is 0 Å². The van der Waals surface area contributed by atoms with Crippen LogP contribution >= 0.6 is 0 Å². The minimum Gasteiger partial charge on any atom is -0.326 e. The zero-order valence-electron chi connectivity index (χ0n) is 10.8. The summed E-state index contributed by atoms with van der Waals surface area (Å²) in [6.07, 6.45) is 12.3. The first-order valence-corrected chi connectivity index (χ1v) is 7.34. The third kappa shape index (κ3) is 2.78. The van der Waals surface area contributed by atoms with Crippen molar-refractivity contribution in [2.75, 3.05) is 6.54 Å². The van der Waals surface area contributed by atoms with Crippen molar-refractivity contribution in [3.63, 3.8) is 0 Å². The molecule has 0 aromatic carbocycles. The van der Waals surface area contributed by atoms with E-state index in [9.17, 15) is 0 Å². The van der Waals surface area contributed by atoms with Crippen molar-refractivity contribution < 1.29 is 0 Å². The molecular formula is C14H28N2. The second-order valence-corrected chi connectivity index (χ2v) is 5.69. The van der Waals surface area contributed by atoms with Crippen molar-refractivity contribution in [2.45, 2.75) is 82.8 Å². The summed E-state index contributed by atoms with van der Waals surface area (Å²) >= 11 is 0. The average molecular weight is 224 g/mol. The molecule has 0 aliphatic heterocycles. The third-order valence-corrected chi connectivity index (χ3v) is 4.48. The van der Waals surface area contributed by atoms with Crippen LogP contribution in [-0.2, 0) is 0 Å². The van der Waals surface area contributed by atoms with Crippen LogP contribution in [0.3, 0.4) is 0 Å². The molecule has 0 bridgehead atoms. The van der Waals surface area contributed by atoms with E-state index < -0.39 is 0 Å². The van der Waals surface area contributed by atoms with Crippen LogP contribution in [0.15, 0.2) is 0 Å². The van der Waals surface area contributed by atoms with E-state index >= 15 is 0 Å². The van der Waals surface area contributed by atoms with Gasteiger partial charge in [-0.25, -0.2) is 0 Å². The molecule has 2 fully saturated rings. The Labute approximate surface area is 101 Å². The average Bonchev–Trinajstić information content (AvgIpc) is 2.80. The first-order valence-electron chi connectivity index (χ1n) is 7.34. The number of nitrogens with zero attached hydrogens (tertiary/aromatic N) is 1. The van der Waals surface area contributed by atoms with Crippen LogP contribution in [0.4, 0.5) is 0 Å². The lowest BCUT2D eigenvalue weighted by Crippen LogP contribution is -2.53. The van der Waals surface area contributed by atoms with E-state index in [0.717, 1.165) is 6.04 Å². The molecule has 0 unspecified atom stereocenters. The molecule has 0 aromatic rings. The van der Waals surface area contributed by atoms with E-state index in [0.29, 0.717) is 12.1 Å². The molecule has 2 atom stereocenters. The van der Waals surface area contributed by atoms with Gasteiger partial charge in [-0.3, -0.25) is 4.90 Å². The summed E-state index contributed by atoms with van der Waals surface area (Å²) in [6.45, 7) is 3.57. The monoisotopic (exact) mass is 224 g/mol. The van der Waals surface area contributed by atoms with E-state index in [1.807, 2.05) is 0 Å². The predicted molar refractivity (Wildman–Crippen MR) is 69.5 cm³/mol. The highest BCUT2D eigenvalue weighted by Crippen LogP contribution is 2.30. The summed E-state index contributed by atoms with van der Waals surface area (Å²) in [6, 6.07) is 1.99. The predicted octanol–water partition coefficient (Wildman–Crippen LogP) is 2.91. The van der Waals surface area contributed by atoms with Crippen LogP contribution in [0.1, 0.15) is 64.7 Å². The largest absolute Gasteiger partial charge is 0.326 e. The minimum atomic E-state index is 0.445. The molecule has 2 nitrogen and oxygen atoms in total. The summed E-state index contributed by atoms with van der Waals surface area (Å²) in [5, 5.41) is 0. The normalized spacial score (nSPS) is 32.4. The summed E-state index contributed by atoms with van der Waals surface area (Å²) in [5.41, 5.74) is 6.34. The van der Waals surface area contributed by atoms with Gasteiger partial charge in [0.25, 0.3) is 0 Å². The Morgan fingerprint density at radius 1 is 1.00 bits per heavy atom. The number of rotatable bonds is 4. The zero-order valence-corrected chi connectivity index (χ0v) is 10.8. The maximum absolute atomic E-state index is 6.34. The van der Waals surface area contributed by atoms with Gasteiger partial charge in [-0.2, -0.15) is 0 Å². The molecule has 2 rings (SSSR count). The molecule has 0 amide bonds. The number of nitrogens with two attached hydrogens (primary N) is 1. The smallest absolute Gasteiger partial charge is 0.0250 e. The van der Waals surface area contributed by atoms with Gasteiger partial charge in [0, 0.05) is 18.1 Å². The van der Waals surface area contributed by atoms with Crippen molar-refractivity contribution in [1.82, 2.24) is 4.90 Å². The molecule has 0 saturated heterocycles. The van der Waals surface area contributed by atoms with E-state index in [4.69, 9.17) is 5.73 Å². The summed E-state index contributed by atoms with van der Waals surface area (Å²) in [5.74, 6) is 0. The molecule has 0 radical (unpaired) electrons. The van der Waals surface area contributed by atoms with Crippen molar-refractivity contribution in [3.8, 4) is 0 Å². The molecule has 16 heavy (non-hydrogen) atoms. The summed E-state index contributed by atoms with van der Waals surface area (Å²) in [4.78, 5) is 2.77. The van der Waals surface area contributed by atoms with Crippen molar-refractivity contribution >= 4 is 0 Å². The molecule has 94 valence electrons. The van der Waals surface area contributed by atoms with E-state index in [2.05, 4.69) is 11.8 Å². The Morgan fingerprint density at radius 2 is 1.62 bits per heavy atom. The topological polar surface area (TPSA) is 29.3 Å². The molecular weight excluding hydrogens is 196 g/mol. The lowest BCUT2D eigenvalue weighted by molar-refractivity contribution is 0.0915. The molecule has 0 aromatic heterocycles. The van der Waals surface area contributed by atoms with E-state index in [-0.39, 0.29) is 0 Å². The number of hydrogen-bond donors (Lipinski definition) is 1. The zero-order chi connectivity index (χ0) is 11.4. The van der Waals surface area contributed by atoms with E-state index in [1.165, 1.54) is 64.3 Å². The molecule has 2 heteroatoms. The van der Waals surface area contributed by atoms with Gasteiger partial charge in [0.05, 0.1) is 0 Å². The molecule has 2 saturated carbocycles. The lowest BCUT2D eigenvalue weighted by Gasteiger charge is -2.41. The first-order chi connectivity index (χ1) is 7.83. The van der Waals surface area contributed by atoms with Crippen LogP contribution in [0.5, 0.6) is 0 Å². The Morgan fingerprint density at radius 3 is 2.25 bits per heavy atom. The van der Waals surface area contributed by atoms with Gasteiger partial charge in [0.2, 0.25) is 0 Å². The maximum atomic E-state index is 6.34. The molecule has 0 spiro atoms. The fourth-order valence-electron chi connectivity index (χ4n) is 3.67. The van der Waals surface area contributed by atoms with E-state index in [1.54, 1.807) is 0 Å². The van der Waals surface area contributed by atoms with Crippen molar-refractivity contribution in [1.29, 1.82) is 0 Å². The summed E-state index contributed by atoms with van der Waals surface area (Å²) in [7, 11) is 0. The quantitative estimate of drug-likeness (QED) is 0.795. The highest BCUT2D eigenvalue weighted by Gasteiger charge is 2.32. The second kappa shape index (κ2) is 6.02. The number of hydrogen-bond acceptors (Lipinski definition) is 2. The fraction of sp³-hybridized carbons (Fsp3) is 1.00. The Hall–Kier alpha value is -0.0800. The Kier molecular flexibility index (Phi) is 4.66. The summed E-state index contributed by atoms with van der Waals surface area (Å²) < 4.78 is 0. The van der Waals surface area contributed by atoms with Gasteiger partial charge in [-0.15, -0.1) is 0 Å². The van der Waals surface area contributed by atoms with Gasteiger partial charge >= 0.3 is 0 Å². The molecule has 2 aliphatic carbocycles. The second-order valence-electron chi connectivity index (χ2n) is 5.69. The molecule has 2 aliphatic rings. The molecule has 0 heterocycles. The third-order valence-electron chi connectivity index (χ3n) is 4.48. The highest BCUT2D eigenvalue weighted by atomic mass is 15.2. The van der Waals surface area contributed by atoms with Crippen molar-refractivity contribution in [2.24, 2.45) is 5.73 Å². The standard InChI is InChI=1S/C14H28N2/c1-2-11-16(12-7-3-4-8-12)14-10-6-5-9-13(14)15/h12-14H,2-11,15H2,1H3/t13-,14-/m1/s1. The fourth-order valence-corrected chi connectivity index (χ4v) is 3.67.